The number of hydrogen-bond acceptors (Lipinski definition) is 5. The monoisotopic (exact) mass is 379 g/mol. The van der Waals surface area contributed by atoms with Crippen LogP contribution in [0.1, 0.15) is 34.8 Å². The molecule has 0 unspecified atom stereocenters. The maximum Gasteiger partial charge on any atom is 0.289 e. The quantitative estimate of drug-likeness (QED) is 0.839. The standard InChI is InChI=1S/C20H21N5O3/c1-25-15-9-5-6-10-16(15)28-12-14(20(25)27)21-19(26)18-22-17(23-24-18)11-13-7-3-2-4-8-13/h2-4,7-10,14H,5-6,11-12H2,1H3,(H,21,26)(H,22,23,24)/t14-/m0/s1. The maximum absolute atomic E-state index is 12.7. The van der Waals surface area contributed by atoms with Crippen molar-refractivity contribution in [2.24, 2.45) is 0 Å². The van der Waals surface area contributed by atoms with E-state index in [0.29, 0.717) is 18.0 Å². The van der Waals surface area contributed by atoms with E-state index in [4.69, 9.17) is 4.74 Å². The third kappa shape index (κ3) is 3.66. The van der Waals surface area contributed by atoms with E-state index in [1.54, 1.807) is 7.05 Å². The molecular formula is C20H21N5O3. The Bertz CT molecular complexity index is 948. The number of rotatable bonds is 4. The Labute approximate surface area is 162 Å². The summed E-state index contributed by atoms with van der Waals surface area (Å²) in [6.07, 6.45) is 6.22. The fraction of sp³-hybridized carbons (Fsp3) is 0.300. The molecule has 1 aromatic heterocycles. The van der Waals surface area contributed by atoms with E-state index in [-0.39, 0.29) is 18.3 Å². The van der Waals surface area contributed by atoms with Gasteiger partial charge in [0, 0.05) is 13.5 Å². The second-order valence-electron chi connectivity index (χ2n) is 6.75. The second kappa shape index (κ2) is 7.67. The van der Waals surface area contributed by atoms with Crippen molar-refractivity contribution in [3.63, 3.8) is 0 Å². The number of ether oxygens (including phenoxy) is 1. The third-order valence-corrected chi connectivity index (χ3v) is 4.75. The van der Waals surface area contributed by atoms with Gasteiger partial charge in [0.15, 0.2) is 0 Å². The number of aromatic nitrogens is 3. The molecule has 144 valence electrons. The topological polar surface area (TPSA) is 100 Å². The molecule has 2 heterocycles. The van der Waals surface area contributed by atoms with Crippen molar-refractivity contribution in [2.45, 2.75) is 25.3 Å². The summed E-state index contributed by atoms with van der Waals surface area (Å²) in [7, 11) is 1.69. The molecule has 8 heteroatoms. The van der Waals surface area contributed by atoms with Crippen molar-refractivity contribution >= 4 is 11.8 Å². The smallest absolute Gasteiger partial charge is 0.289 e. The minimum atomic E-state index is -0.799. The largest absolute Gasteiger partial charge is 0.489 e. The summed E-state index contributed by atoms with van der Waals surface area (Å²) < 4.78 is 5.75. The van der Waals surface area contributed by atoms with Crippen molar-refractivity contribution in [2.75, 3.05) is 13.7 Å². The highest BCUT2D eigenvalue weighted by molar-refractivity contribution is 5.95. The molecule has 1 aliphatic heterocycles. The fourth-order valence-electron chi connectivity index (χ4n) is 3.27. The van der Waals surface area contributed by atoms with Crippen LogP contribution in [0, 0.1) is 0 Å². The predicted molar refractivity (Wildman–Crippen MR) is 101 cm³/mol. The molecule has 8 nitrogen and oxygen atoms in total. The van der Waals surface area contributed by atoms with Gasteiger partial charge in [-0.25, -0.2) is 0 Å². The number of hydrogen-bond donors (Lipinski definition) is 2. The van der Waals surface area contributed by atoms with Crippen molar-refractivity contribution in [1.82, 2.24) is 25.4 Å². The van der Waals surface area contributed by atoms with Crippen LogP contribution in [0.4, 0.5) is 0 Å². The molecule has 2 amide bonds. The zero-order chi connectivity index (χ0) is 19.5. The number of carbonyl (C=O) groups excluding carboxylic acids is 2. The van der Waals surface area contributed by atoms with Gasteiger partial charge < -0.3 is 19.9 Å². The van der Waals surface area contributed by atoms with E-state index >= 15 is 0 Å². The van der Waals surface area contributed by atoms with Gasteiger partial charge in [-0.1, -0.05) is 36.4 Å². The number of amides is 2. The van der Waals surface area contributed by atoms with Gasteiger partial charge in [0.25, 0.3) is 11.8 Å². The van der Waals surface area contributed by atoms with E-state index in [1.807, 2.05) is 42.5 Å². The SMILES string of the molecule is CN1C(=O)[C@@H](NC(=O)c2nnc(Cc3ccccc3)[nH]2)COC2=CCCC=C21. The summed E-state index contributed by atoms with van der Waals surface area (Å²) >= 11 is 0. The van der Waals surface area contributed by atoms with Crippen LogP contribution in [0.5, 0.6) is 0 Å². The number of H-pyrrole nitrogens is 1. The molecule has 2 aromatic rings. The van der Waals surface area contributed by atoms with Crippen molar-refractivity contribution < 1.29 is 14.3 Å². The Hall–Kier alpha value is -3.42. The first kappa shape index (κ1) is 18.0. The molecule has 4 rings (SSSR count). The number of nitrogens with zero attached hydrogens (tertiary/aromatic N) is 3. The number of fused-ring (bicyclic) bond motifs is 1. The average molecular weight is 379 g/mol. The van der Waals surface area contributed by atoms with Crippen LogP contribution in [0.25, 0.3) is 0 Å². The predicted octanol–water partition coefficient (Wildman–Crippen LogP) is 1.54. The van der Waals surface area contributed by atoms with Crippen LogP contribution < -0.4 is 5.32 Å². The average Bonchev–Trinajstić information content (AvgIpc) is 3.15. The fourth-order valence-corrected chi connectivity index (χ4v) is 3.27. The van der Waals surface area contributed by atoms with Gasteiger partial charge in [-0.2, -0.15) is 0 Å². The highest BCUT2D eigenvalue weighted by Gasteiger charge is 2.33. The van der Waals surface area contributed by atoms with Crippen molar-refractivity contribution in [1.29, 1.82) is 0 Å². The van der Waals surface area contributed by atoms with Gasteiger partial charge in [0.2, 0.25) is 5.82 Å². The Morgan fingerprint density at radius 3 is 2.86 bits per heavy atom. The Kier molecular flexibility index (Phi) is 4.92. The summed E-state index contributed by atoms with van der Waals surface area (Å²) in [4.78, 5) is 29.7. The zero-order valence-corrected chi connectivity index (χ0v) is 15.5. The minimum Gasteiger partial charge on any atom is -0.489 e. The summed E-state index contributed by atoms with van der Waals surface area (Å²) in [6.45, 7) is 0.0725. The Morgan fingerprint density at radius 2 is 2.04 bits per heavy atom. The molecule has 1 aliphatic carbocycles. The number of benzene rings is 1. The summed E-state index contributed by atoms with van der Waals surface area (Å²) in [6, 6.07) is 8.97. The molecule has 2 N–H and O–H groups in total. The van der Waals surface area contributed by atoms with Crippen LogP contribution in [-0.2, 0) is 16.0 Å². The lowest BCUT2D eigenvalue weighted by atomic mass is 10.1. The van der Waals surface area contributed by atoms with Crippen LogP contribution >= 0.6 is 0 Å². The van der Waals surface area contributed by atoms with Gasteiger partial charge in [0.05, 0.1) is 5.70 Å². The first-order valence-corrected chi connectivity index (χ1v) is 9.19. The lowest BCUT2D eigenvalue weighted by Crippen LogP contribution is -2.48. The lowest BCUT2D eigenvalue weighted by molar-refractivity contribution is -0.129. The zero-order valence-electron chi connectivity index (χ0n) is 15.5. The molecule has 28 heavy (non-hydrogen) atoms. The summed E-state index contributed by atoms with van der Waals surface area (Å²) in [5, 5.41) is 10.6. The van der Waals surface area contributed by atoms with Gasteiger partial charge in [0.1, 0.15) is 24.2 Å². The van der Waals surface area contributed by atoms with Gasteiger partial charge in [-0.05, 0) is 24.5 Å². The Morgan fingerprint density at radius 1 is 1.25 bits per heavy atom. The van der Waals surface area contributed by atoms with Crippen LogP contribution in [-0.4, -0.2) is 51.6 Å². The number of allylic oxidation sites excluding steroid dienone is 2. The van der Waals surface area contributed by atoms with Crippen molar-refractivity contribution in [3.8, 4) is 0 Å². The number of aromatic amines is 1. The van der Waals surface area contributed by atoms with E-state index in [0.717, 1.165) is 24.1 Å². The first-order chi connectivity index (χ1) is 13.6. The van der Waals surface area contributed by atoms with Crippen LogP contribution in [0.3, 0.4) is 0 Å². The highest BCUT2D eigenvalue weighted by atomic mass is 16.5. The Balaban J connectivity index is 1.44. The molecule has 1 aromatic carbocycles. The summed E-state index contributed by atoms with van der Waals surface area (Å²) in [5.41, 5.74) is 1.81. The number of carbonyl (C=O) groups is 2. The lowest BCUT2D eigenvalue weighted by Gasteiger charge is -2.22. The molecule has 2 aliphatic rings. The van der Waals surface area contributed by atoms with E-state index in [2.05, 4.69) is 20.5 Å². The van der Waals surface area contributed by atoms with E-state index in [9.17, 15) is 9.59 Å². The molecule has 0 saturated carbocycles. The minimum absolute atomic E-state index is 0.0708. The maximum atomic E-state index is 12.7. The van der Waals surface area contributed by atoms with Gasteiger partial charge in [-0.15, -0.1) is 10.2 Å². The third-order valence-electron chi connectivity index (χ3n) is 4.75. The molecule has 1 saturated heterocycles. The molecule has 0 radical (unpaired) electrons. The number of likely N-dealkylation sites (N-methyl/N-ethyl adjacent to an activating group) is 1. The van der Waals surface area contributed by atoms with Crippen molar-refractivity contribution in [3.05, 3.63) is 71.2 Å². The highest BCUT2D eigenvalue weighted by Crippen LogP contribution is 2.25. The van der Waals surface area contributed by atoms with E-state index < -0.39 is 11.9 Å². The normalized spacial score (nSPS) is 19.1. The molecule has 0 spiro atoms. The van der Waals surface area contributed by atoms with Gasteiger partial charge >= 0.3 is 0 Å². The van der Waals surface area contributed by atoms with Crippen LogP contribution in [0.2, 0.25) is 0 Å². The molecule has 1 atom stereocenters. The first-order valence-electron chi connectivity index (χ1n) is 9.19. The molecule has 1 fully saturated rings. The van der Waals surface area contributed by atoms with Crippen LogP contribution in [0.15, 0.2) is 53.9 Å². The summed E-state index contributed by atoms with van der Waals surface area (Å²) in [5.74, 6) is 0.618. The van der Waals surface area contributed by atoms with E-state index in [1.165, 1.54) is 4.90 Å². The number of nitrogens with one attached hydrogen (secondary N) is 2. The molecular weight excluding hydrogens is 358 g/mol. The van der Waals surface area contributed by atoms with Gasteiger partial charge in [-0.3, -0.25) is 9.59 Å². The molecule has 0 bridgehead atoms. The second-order valence-corrected chi connectivity index (χ2v) is 6.75.